The average Bonchev–Trinajstić information content (AvgIpc) is 2.50. The zero-order valence-corrected chi connectivity index (χ0v) is 7.40. The largest absolute Gasteiger partial charge is 0.303 e. The molecule has 0 aliphatic rings. The quantitative estimate of drug-likeness (QED) is 0.645. The monoisotopic (exact) mass is 174 g/mol. The molecule has 0 radical (unpaired) electrons. The number of carbonyl (C=O) groups excluding carboxylic acids is 1. The molecule has 66 valence electrons. The third-order valence-electron chi connectivity index (χ3n) is 2.10. The van der Waals surface area contributed by atoms with Gasteiger partial charge in [-0.3, -0.25) is 0 Å². The van der Waals surface area contributed by atoms with Gasteiger partial charge in [-0.2, -0.15) is 0 Å². The summed E-state index contributed by atoms with van der Waals surface area (Å²) < 4.78 is 1.99. The molecule has 3 nitrogen and oxygen atoms in total. The highest BCUT2D eigenvalue weighted by Gasteiger charge is 2.02. The molecule has 0 spiro atoms. The summed E-state index contributed by atoms with van der Waals surface area (Å²) in [6, 6.07) is 5.86. The Balaban J connectivity index is 2.72. The predicted molar refractivity (Wildman–Crippen MR) is 49.7 cm³/mol. The van der Waals surface area contributed by atoms with Crippen LogP contribution in [0.25, 0.3) is 5.52 Å². The first-order valence-electron chi connectivity index (χ1n) is 4.18. The van der Waals surface area contributed by atoms with Gasteiger partial charge in [-0.05, 0) is 19.1 Å². The van der Waals surface area contributed by atoms with Crippen LogP contribution >= 0.6 is 0 Å². The van der Waals surface area contributed by atoms with Crippen LogP contribution in [-0.4, -0.2) is 15.7 Å². The van der Waals surface area contributed by atoms with E-state index >= 15 is 0 Å². The van der Waals surface area contributed by atoms with Crippen LogP contribution in [0.5, 0.6) is 0 Å². The SMILES string of the molecule is Cc1ncc2cccc(CC=O)n12. The Hall–Kier alpha value is -1.64. The van der Waals surface area contributed by atoms with Crippen molar-refractivity contribution in [3.05, 3.63) is 35.9 Å². The van der Waals surface area contributed by atoms with E-state index in [1.807, 2.05) is 35.7 Å². The topological polar surface area (TPSA) is 34.4 Å². The number of hydrogen-bond donors (Lipinski definition) is 0. The second-order valence-corrected chi connectivity index (χ2v) is 2.95. The lowest BCUT2D eigenvalue weighted by Crippen LogP contribution is -1.98. The second-order valence-electron chi connectivity index (χ2n) is 2.95. The average molecular weight is 174 g/mol. The molecule has 13 heavy (non-hydrogen) atoms. The first kappa shape index (κ1) is 7.98. The Kier molecular flexibility index (Phi) is 1.85. The minimum Gasteiger partial charge on any atom is -0.303 e. The van der Waals surface area contributed by atoms with E-state index < -0.39 is 0 Å². The molecule has 2 rings (SSSR count). The molecule has 0 amide bonds. The molecule has 0 saturated heterocycles. The normalized spacial score (nSPS) is 10.5. The minimum atomic E-state index is 0.439. The number of carbonyl (C=O) groups is 1. The van der Waals surface area contributed by atoms with Crippen molar-refractivity contribution in [3.63, 3.8) is 0 Å². The number of imidazole rings is 1. The lowest BCUT2D eigenvalue weighted by Gasteiger charge is -2.02. The standard InChI is InChI=1S/C10H10N2O/c1-8-11-7-10-4-2-3-9(5-6-13)12(8)10/h2-4,6-7H,5H2,1H3. The number of rotatable bonds is 2. The molecule has 0 saturated carbocycles. The number of nitrogens with zero attached hydrogens (tertiary/aromatic N) is 2. The molecule has 0 aromatic carbocycles. The summed E-state index contributed by atoms with van der Waals surface area (Å²) in [6.45, 7) is 1.93. The fraction of sp³-hybridized carbons (Fsp3) is 0.200. The van der Waals surface area contributed by atoms with Crippen molar-refractivity contribution in [3.8, 4) is 0 Å². The number of aldehydes is 1. The summed E-state index contributed by atoms with van der Waals surface area (Å²) in [7, 11) is 0. The minimum absolute atomic E-state index is 0.439. The summed E-state index contributed by atoms with van der Waals surface area (Å²) >= 11 is 0. The highest BCUT2D eigenvalue weighted by atomic mass is 16.1. The van der Waals surface area contributed by atoms with Crippen molar-refractivity contribution >= 4 is 11.8 Å². The van der Waals surface area contributed by atoms with Crippen molar-refractivity contribution in [2.75, 3.05) is 0 Å². The van der Waals surface area contributed by atoms with Crippen LogP contribution in [0, 0.1) is 6.92 Å². The lowest BCUT2D eigenvalue weighted by atomic mass is 10.2. The highest BCUT2D eigenvalue weighted by molar-refractivity contribution is 5.56. The Morgan fingerprint density at radius 1 is 1.54 bits per heavy atom. The molecule has 0 aliphatic heterocycles. The van der Waals surface area contributed by atoms with Crippen molar-refractivity contribution in [1.29, 1.82) is 0 Å². The van der Waals surface area contributed by atoms with E-state index in [0.29, 0.717) is 6.42 Å². The Bertz CT molecular complexity index is 445. The number of aryl methyl sites for hydroxylation is 1. The van der Waals surface area contributed by atoms with Crippen LogP contribution in [-0.2, 0) is 11.2 Å². The second kappa shape index (κ2) is 3.01. The van der Waals surface area contributed by atoms with Crippen LogP contribution in [0.2, 0.25) is 0 Å². The maximum Gasteiger partial charge on any atom is 0.125 e. The maximum atomic E-state index is 10.4. The van der Waals surface area contributed by atoms with Crippen molar-refractivity contribution < 1.29 is 4.79 Å². The van der Waals surface area contributed by atoms with E-state index in [-0.39, 0.29) is 0 Å². The zero-order valence-electron chi connectivity index (χ0n) is 7.40. The van der Waals surface area contributed by atoms with Gasteiger partial charge in [0.05, 0.1) is 11.7 Å². The number of pyridine rings is 1. The summed E-state index contributed by atoms with van der Waals surface area (Å²) in [5.74, 6) is 0.924. The Morgan fingerprint density at radius 3 is 3.15 bits per heavy atom. The third kappa shape index (κ3) is 1.22. The molecular weight excluding hydrogens is 164 g/mol. The fourth-order valence-electron chi connectivity index (χ4n) is 1.53. The van der Waals surface area contributed by atoms with Gasteiger partial charge < -0.3 is 9.20 Å². The first-order chi connectivity index (χ1) is 6.33. The molecule has 2 heterocycles. The first-order valence-corrected chi connectivity index (χ1v) is 4.18. The van der Waals surface area contributed by atoms with Crippen LogP contribution < -0.4 is 0 Å². The number of fused-ring (bicyclic) bond motifs is 1. The van der Waals surface area contributed by atoms with E-state index in [1.54, 1.807) is 0 Å². The van der Waals surface area contributed by atoms with Gasteiger partial charge in [0.25, 0.3) is 0 Å². The van der Waals surface area contributed by atoms with Crippen molar-refractivity contribution in [2.24, 2.45) is 0 Å². The van der Waals surface area contributed by atoms with Gasteiger partial charge >= 0.3 is 0 Å². The zero-order chi connectivity index (χ0) is 9.26. The molecule has 0 aliphatic carbocycles. The maximum absolute atomic E-state index is 10.4. The van der Waals surface area contributed by atoms with Crippen LogP contribution in [0.3, 0.4) is 0 Å². The van der Waals surface area contributed by atoms with E-state index in [4.69, 9.17) is 0 Å². The fourth-order valence-corrected chi connectivity index (χ4v) is 1.53. The number of hydrogen-bond acceptors (Lipinski definition) is 2. The van der Waals surface area contributed by atoms with Crippen LogP contribution in [0.1, 0.15) is 11.5 Å². The summed E-state index contributed by atoms with van der Waals surface area (Å²) in [5.41, 5.74) is 2.03. The van der Waals surface area contributed by atoms with Crippen LogP contribution in [0.4, 0.5) is 0 Å². The predicted octanol–water partition coefficient (Wildman–Crippen LogP) is 1.38. The van der Waals surface area contributed by atoms with Crippen LogP contribution in [0.15, 0.2) is 24.4 Å². The van der Waals surface area contributed by atoms with Gasteiger partial charge in [0.1, 0.15) is 12.1 Å². The Morgan fingerprint density at radius 2 is 2.38 bits per heavy atom. The molecule has 2 aromatic rings. The van der Waals surface area contributed by atoms with Gasteiger partial charge in [-0.25, -0.2) is 4.98 Å². The van der Waals surface area contributed by atoms with Gasteiger partial charge in [0.2, 0.25) is 0 Å². The van der Waals surface area contributed by atoms with E-state index in [9.17, 15) is 4.79 Å². The molecule has 0 fully saturated rings. The molecular formula is C10H10N2O. The molecule has 0 bridgehead atoms. The van der Waals surface area contributed by atoms with Gasteiger partial charge in [0, 0.05) is 12.1 Å². The third-order valence-corrected chi connectivity index (χ3v) is 2.10. The summed E-state index contributed by atoms with van der Waals surface area (Å²) in [4.78, 5) is 14.6. The number of aromatic nitrogens is 2. The molecule has 0 N–H and O–H groups in total. The molecule has 3 heteroatoms. The van der Waals surface area contributed by atoms with E-state index in [0.717, 1.165) is 23.3 Å². The lowest BCUT2D eigenvalue weighted by molar-refractivity contribution is -0.107. The summed E-state index contributed by atoms with van der Waals surface area (Å²) in [5, 5.41) is 0. The van der Waals surface area contributed by atoms with Gasteiger partial charge in [-0.1, -0.05) is 6.07 Å². The van der Waals surface area contributed by atoms with E-state index in [1.165, 1.54) is 0 Å². The van der Waals surface area contributed by atoms with Crippen molar-refractivity contribution in [1.82, 2.24) is 9.38 Å². The van der Waals surface area contributed by atoms with Crippen molar-refractivity contribution in [2.45, 2.75) is 13.3 Å². The van der Waals surface area contributed by atoms with Gasteiger partial charge in [-0.15, -0.1) is 0 Å². The molecule has 0 atom stereocenters. The smallest absolute Gasteiger partial charge is 0.125 e. The molecule has 2 aromatic heterocycles. The molecule has 0 unspecified atom stereocenters. The van der Waals surface area contributed by atoms with Gasteiger partial charge in [0.15, 0.2) is 0 Å². The Labute approximate surface area is 76.0 Å². The summed E-state index contributed by atoms with van der Waals surface area (Å²) in [6.07, 6.45) is 3.16. The van der Waals surface area contributed by atoms with E-state index in [2.05, 4.69) is 4.98 Å². The highest BCUT2D eigenvalue weighted by Crippen LogP contribution is 2.10.